The number of halogens is 2. The summed E-state index contributed by atoms with van der Waals surface area (Å²) in [4.78, 5) is 0. The number of hydrogen-bond acceptors (Lipinski definition) is 2. The summed E-state index contributed by atoms with van der Waals surface area (Å²) in [6.07, 6.45) is -0.601. The highest BCUT2D eigenvalue weighted by molar-refractivity contribution is 5.32. The topological polar surface area (TPSA) is 29.5 Å². The van der Waals surface area contributed by atoms with Gasteiger partial charge >= 0.3 is 0 Å². The van der Waals surface area contributed by atoms with E-state index >= 15 is 0 Å². The monoisotopic (exact) mass is 290 g/mol. The molecule has 0 aromatic heterocycles. The van der Waals surface area contributed by atoms with Crippen LogP contribution in [0.15, 0.2) is 42.5 Å². The van der Waals surface area contributed by atoms with Crippen molar-refractivity contribution >= 4 is 0 Å². The van der Waals surface area contributed by atoms with E-state index < -0.39 is 23.8 Å². The van der Waals surface area contributed by atoms with E-state index in [9.17, 15) is 13.9 Å². The van der Waals surface area contributed by atoms with E-state index in [-0.39, 0.29) is 12.0 Å². The second-order valence-electron chi connectivity index (χ2n) is 5.25. The maximum Gasteiger partial charge on any atom is 0.126 e. The number of benzene rings is 2. The number of aliphatic hydroxyl groups is 1. The third kappa shape index (κ3) is 2.96. The van der Waals surface area contributed by atoms with Crippen LogP contribution in [-0.2, 0) is 17.6 Å². The zero-order valence-electron chi connectivity index (χ0n) is 11.4. The van der Waals surface area contributed by atoms with Crippen molar-refractivity contribution in [3.63, 3.8) is 0 Å². The fraction of sp³-hybridized carbons (Fsp3) is 0.294. The van der Waals surface area contributed by atoms with Gasteiger partial charge in [0.1, 0.15) is 17.7 Å². The van der Waals surface area contributed by atoms with Crippen molar-refractivity contribution in [2.45, 2.75) is 25.0 Å². The summed E-state index contributed by atoms with van der Waals surface area (Å²) >= 11 is 0. The van der Waals surface area contributed by atoms with Gasteiger partial charge in [-0.1, -0.05) is 24.3 Å². The Kier molecular flexibility index (Phi) is 3.99. The van der Waals surface area contributed by atoms with Crippen LogP contribution >= 0.6 is 0 Å². The first-order valence-electron chi connectivity index (χ1n) is 6.96. The zero-order chi connectivity index (χ0) is 14.8. The van der Waals surface area contributed by atoms with E-state index in [0.717, 1.165) is 35.7 Å². The van der Waals surface area contributed by atoms with Gasteiger partial charge in [0.05, 0.1) is 12.7 Å². The molecule has 0 saturated heterocycles. The van der Waals surface area contributed by atoms with Crippen molar-refractivity contribution in [3.05, 3.63) is 70.8 Å². The smallest absolute Gasteiger partial charge is 0.126 e. The summed E-state index contributed by atoms with van der Waals surface area (Å²) in [5.41, 5.74) is 2.22. The van der Waals surface area contributed by atoms with Crippen LogP contribution in [0.2, 0.25) is 0 Å². The molecule has 0 fully saturated rings. The third-order valence-electron chi connectivity index (χ3n) is 3.82. The van der Waals surface area contributed by atoms with Gasteiger partial charge in [0.25, 0.3) is 0 Å². The minimum atomic E-state index is -0.914. The second-order valence-corrected chi connectivity index (χ2v) is 5.25. The van der Waals surface area contributed by atoms with Crippen molar-refractivity contribution in [3.8, 4) is 0 Å². The Hall–Kier alpha value is -1.78. The average Bonchev–Trinajstić information content (AvgIpc) is 2.50. The highest BCUT2D eigenvalue weighted by atomic mass is 19.1. The van der Waals surface area contributed by atoms with Gasteiger partial charge in [0.2, 0.25) is 0 Å². The Morgan fingerprint density at radius 1 is 1.19 bits per heavy atom. The first kappa shape index (κ1) is 14.2. The number of ether oxygens (including phenoxy) is 1. The molecule has 1 heterocycles. The zero-order valence-corrected chi connectivity index (χ0v) is 11.4. The lowest BCUT2D eigenvalue weighted by Crippen LogP contribution is -2.28. The number of fused-ring (bicyclic) bond motifs is 1. The second kappa shape index (κ2) is 5.92. The fourth-order valence-electron chi connectivity index (χ4n) is 2.78. The van der Waals surface area contributed by atoms with Crippen LogP contribution in [0.3, 0.4) is 0 Å². The molecule has 2 nitrogen and oxygen atoms in total. The Balaban J connectivity index is 1.83. The Labute approximate surface area is 122 Å². The molecule has 1 N–H and O–H groups in total. The lowest BCUT2D eigenvalue weighted by molar-refractivity contribution is -0.0463. The van der Waals surface area contributed by atoms with Crippen LogP contribution in [-0.4, -0.2) is 17.8 Å². The van der Waals surface area contributed by atoms with Gasteiger partial charge in [0, 0.05) is 6.42 Å². The summed E-state index contributed by atoms with van der Waals surface area (Å²) in [5, 5.41) is 10.4. The van der Waals surface area contributed by atoms with Crippen LogP contribution in [0.4, 0.5) is 8.78 Å². The van der Waals surface area contributed by atoms with E-state index in [1.165, 1.54) is 0 Å². The number of aliphatic hydroxyl groups excluding tert-OH is 1. The van der Waals surface area contributed by atoms with Gasteiger partial charge in [0.15, 0.2) is 0 Å². The van der Waals surface area contributed by atoms with Crippen molar-refractivity contribution in [2.24, 2.45) is 0 Å². The van der Waals surface area contributed by atoms with Crippen LogP contribution in [0.1, 0.15) is 22.8 Å². The molecule has 2 unspecified atom stereocenters. The van der Waals surface area contributed by atoms with Crippen molar-refractivity contribution in [2.75, 3.05) is 6.61 Å². The quantitative estimate of drug-likeness (QED) is 0.940. The lowest BCUT2D eigenvalue weighted by Gasteiger charge is -2.29. The van der Waals surface area contributed by atoms with Gasteiger partial charge in [-0.25, -0.2) is 8.78 Å². The van der Waals surface area contributed by atoms with Crippen LogP contribution in [0, 0.1) is 11.6 Å². The SMILES string of the molecule is OC(Cc1cc(F)ccc1F)C1OCCc2ccccc21. The van der Waals surface area contributed by atoms with Crippen molar-refractivity contribution in [1.82, 2.24) is 0 Å². The molecule has 0 bridgehead atoms. The molecule has 1 aliphatic heterocycles. The van der Waals surface area contributed by atoms with E-state index in [4.69, 9.17) is 4.74 Å². The third-order valence-corrected chi connectivity index (χ3v) is 3.82. The Morgan fingerprint density at radius 3 is 2.86 bits per heavy atom. The lowest BCUT2D eigenvalue weighted by atomic mass is 9.92. The van der Waals surface area contributed by atoms with E-state index in [0.29, 0.717) is 6.61 Å². The minimum Gasteiger partial charge on any atom is -0.390 e. The van der Waals surface area contributed by atoms with Crippen molar-refractivity contribution in [1.29, 1.82) is 0 Å². The molecule has 3 rings (SSSR count). The van der Waals surface area contributed by atoms with E-state index in [2.05, 4.69) is 0 Å². The van der Waals surface area contributed by atoms with Gasteiger partial charge in [-0.2, -0.15) is 0 Å². The predicted molar refractivity (Wildman–Crippen MR) is 74.9 cm³/mol. The maximum absolute atomic E-state index is 13.7. The molecule has 2 atom stereocenters. The first-order valence-corrected chi connectivity index (χ1v) is 6.96. The molecule has 0 aliphatic carbocycles. The standard InChI is InChI=1S/C17H16F2O2/c18-13-5-6-15(19)12(9-13)10-16(20)17-14-4-2-1-3-11(14)7-8-21-17/h1-6,9,16-17,20H,7-8,10H2. The largest absolute Gasteiger partial charge is 0.390 e. The van der Waals surface area contributed by atoms with Crippen LogP contribution in [0.25, 0.3) is 0 Å². The number of hydrogen-bond donors (Lipinski definition) is 1. The molecule has 2 aromatic rings. The van der Waals surface area contributed by atoms with Crippen LogP contribution < -0.4 is 0 Å². The summed E-state index contributed by atoms with van der Waals surface area (Å²) in [6, 6.07) is 11.0. The van der Waals surface area contributed by atoms with E-state index in [1.54, 1.807) is 0 Å². The molecule has 21 heavy (non-hydrogen) atoms. The summed E-state index contributed by atoms with van der Waals surface area (Å²) in [7, 11) is 0. The molecular formula is C17H16F2O2. The van der Waals surface area contributed by atoms with Crippen molar-refractivity contribution < 1.29 is 18.6 Å². The predicted octanol–water partition coefficient (Wildman–Crippen LogP) is 3.18. The van der Waals surface area contributed by atoms with E-state index in [1.807, 2.05) is 24.3 Å². The Bertz CT molecular complexity index is 642. The summed E-state index contributed by atoms with van der Waals surface area (Å²) < 4.78 is 32.5. The molecule has 0 saturated carbocycles. The molecule has 0 amide bonds. The van der Waals surface area contributed by atoms with Gasteiger partial charge in [-0.15, -0.1) is 0 Å². The summed E-state index contributed by atoms with van der Waals surface area (Å²) in [6.45, 7) is 0.518. The fourth-order valence-corrected chi connectivity index (χ4v) is 2.78. The van der Waals surface area contributed by atoms with Gasteiger partial charge in [-0.3, -0.25) is 0 Å². The highest BCUT2D eigenvalue weighted by Gasteiger charge is 2.28. The normalized spacial score (nSPS) is 19.1. The summed E-state index contributed by atoms with van der Waals surface area (Å²) in [5.74, 6) is -1.02. The maximum atomic E-state index is 13.7. The first-order chi connectivity index (χ1) is 10.1. The molecule has 110 valence electrons. The average molecular weight is 290 g/mol. The molecule has 2 aromatic carbocycles. The van der Waals surface area contributed by atoms with Crippen LogP contribution in [0.5, 0.6) is 0 Å². The molecule has 0 spiro atoms. The highest BCUT2D eigenvalue weighted by Crippen LogP contribution is 2.31. The molecular weight excluding hydrogens is 274 g/mol. The Morgan fingerprint density at radius 2 is 2.00 bits per heavy atom. The molecule has 4 heteroatoms. The molecule has 0 radical (unpaired) electrons. The van der Waals surface area contributed by atoms with Gasteiger partial charge in [-0.05, 0) is 41.3 Å². The number of rotatable bonds is 3. The minimum absolute atomic E-state index is 0.0165. The molecule has 1 aliphatic rings. The van der Waals surface area contributed by atoms with Gasteiger partial charge < -0.3 is 9.84 Å².